The Hall–Kier alpha value is -3.56. The third kappa shape index (κ3) is 4.68. The van der Waals surface area contributed by atoms with Crippen LogP contribution in [0.25, 0.3) is 22.4 Å². The van der Waals surface area contributed by atoms with Crippen LogP contribution in [-0.2, 0) is 17.9 Å². The molecule has 0 aliphatic heterocycles. The Kier molecular flexibility index (Phi) is 6.58. The van der Waals surface area contributed by atoms with Crippen molar-refractivity contribution in [3.63, 3.8) is 0 Å². The van der Waals surface area contributed by atoms with Gasteiger partial charge in [0.05, 0.1) is 16.2 Å². The summed E-state index contributed by atoms with van der Waals surface area (Å²) in [5, 5.41) is 6.60. The number of halogens is 2. The van der Waals surface area contributed by atoms with Gasteiger partial charge in [-0.15, -0.1) is 0 Å². The smallest absolute Gasteiger partial charge is 0.278 e. The molecular weight excluding hydrogens is 453 g/mol. The Balaban J connectivity index is 1.71. The van der Waals surface area contributed by atoms with Crippen molar-refractivity contribution in [2.45, 2.75) is 13.1 Å². The third-order valence-corrected chi connectivity index (χ3v) is 5.36. The molecule has 32 heavy (non-hydrogen) atoms. The van der Waals surface area contributed by atoms with Crippen LogP contribution in [-0.4, -0.2) is 37.5 Å². The van der Waals surface area contributed by atoms with E-state index in [-0.39, 0.29) is 24.3 Å². The third-order valence-electron chi connectivity index (χ3n) is 4.62. The van der Waals surface area contributed by atoms with Crippen LogP contribution in [0.3, 0.4) is 0 Å². The highest BCUT2D eigenvalue weighted by Crippen LogP contribution is 2.23. The van der Waals surface area contributed by atoms with Crippen molar-refractivity contribution in [3.05, 3.63) is 74.9 Å². The molecule has 1 amide bonds. The maximum Gasteiger partial charge on any atom is 0.278 e. The van der Waals surface area contributed by atoms with Gasteiger partial charge in [0.25, 0.3) is 5.56 Å². The molecule has 162 valence electrons. The zero-order valence-corrected chi connectivity index (χ0v) is 18.1. The Bertz CT molecular complexity index is 1330. The molecule has 3 aromatic heterocycles. The summed E-state index contributed by atoms with van der Waals surface area (Å²) in [7, 11) is 0. The molecule has 4 aromatic rings. The van der Waals surface area contributed by atoms with Crippen LogP contribution in [0.4, 0.5) is 5.95 Å². The standard InChI is InChI=1S/C21H17Cl2N7O2/c22-15-4-3-13(8-16(15)23)9-26-21-27-11-17-19(29-21)30(7-6-25-12-31)20(32)18(28-17)14-2-1-5-24-10-14/h1-5,8,10-12H,6-7,9H2,(H,25,31)(H,26,27,29). The highest BCUT2D eigenvalue weighted by Gasteiger charge is 2.15. The lowest BCUT2D eigenvalue weighted by molar-refractivity contribution is -0.109. The molecule has 0 saturated carbocycles. The minimum atomic E-state index is -0.340. The van der Waals surface area contributed by atoms with E-state index in [9.17, 15) is 9.59 Å². The van der Waals surface area contributed by atoms with Crippen LogP contribution in [0.5, 0.6) is 0 Å². The molecule has 0 radical (unpaired) electrons. The van der Waals surface area contributed by atoms with Crippen LogP contribution < -0.4 is 16.2 Å². The molecule has 2 N–H and O–H groups in total. The number of rotatable bonds is 8. The van der Waals surface area contributed by atoms with Crippen LogP contribution in [0.15, 0.2) is 53.7 Å². The summed E-state index contributed by atoms with van der Waals surface area (Å²) in [5.41, 5.74) is 2.15. The van der Waals surface area contributed by atoms with E-state index in [1.807, 2.05) is 6.07 Å². The number of nitrogens with zero attached hydrogens (tertiary/aromatic N) is 5. The van der Waals surface area contributed by atoms with Gasteiger partial charge < -0.3 is 10.6 Å². The van der Waals surface area contributed by atoms with E-state index in [2.05, 4.69) is 30.6 Å². The van der Waals surface area contributed by atoms with Crippen LogP contribution >= 0.6 is 23.2 Å². The number of amides is 1. The Morgan fingerprint density at radius 1 is 1.09 bits per heavy atom. The first kappa shape index (κ1) is 21.7. The SMILES string of the molecule is O=CNCCn1c(=O)c(-c2cccnc2)nc2cnc(NCc3ccc(Cl)c(Cl)c3)nc21. The lowest BCUT2D eigenvalue weighted by Crippen LogP contribution is -2.29. The van der Waals surface area contributed by atoms with Gasteiger partial charge in [0.15, 0.2) is 5.65 Å². The molecule has 0 fully saturated rings. The van der Waals surface area contributed by atoms with Gasteiger partial charge in [-0.2, -0.15) is 4.98 Å². The van der Waals surface area contributed by atoms with Crippen molar-refractivity contribution in [2.24, 2.45) is 0 Å². The van der Waals surface area contributed by atoms with E-state index in [0.29, 0.717) is 45.7 Å². The minimum absolute atomic E-state index is 0.215. The Morgan fingerprint density at radius 2 is 1.97 bits per heavy atom. The number of hydrogen-bond acceptors (Lipinski definition) is 7. The fraction of sp³-hybridized carbons (Fsp3) is 0.143. The lowest BCUT2D eigenvalue weighted by Gasteiger charge is -2.13. The van der Waals surface area contributed by atoms with Crippen LogP contribution in [0, 0.1) is 0 Å². The summed E-state index contributed by atoms with van der Waals surface area (Å²) >= 11 is 12.0. The van der Waals surface area contributed by atoms with Crippen molar-refractivity contribution in [2.75, 3.05) is 11.9 Å². The molecule has 0 spiro atoms. The monoisotopic (exact) mass is 469 g/mol. The van der Waals surface area contributed by atoms with Gasteiger partial charge in [-0.1, -0.05) is 29.3 Å². The molecule has 3 heterocycles. The van der Waals surface area contributed by atoms with E-state index in [4.69, 9.17) is 23.2 Å². The second kappa shape index (κ2) is 9.71. The van der Waals surface area contributed by atoms with Gasteiger partial charge >= 0.3 is 0 Å². The molecule has 0 saturated heterocycles. The summed E-state index contributed by atoms with van der Waals surface area (Å²) in [6.45, 7) is 0.874. The summed E-state index contributed by atoms with van der Waals surface area (Å²) < 4.78 is 1.47. The molecule has 0 bridgehead atoms. The number of hydrogen-bond donors (Lipinski definition) is 2. The van der Waals surface area contributed by atoms with Gasteiger partial charge in [-0.3, -0.25) is 19.1 Å². The van der Waals surface area contributed by atoms with E-state index in [1.54, 1.807) is 42.9 Å². The van der Waals surface area contributed by atoms with Crippen molar-refractivity contribution < 1.29 is 4.79 Å². The molecule has 11 heteroatoms. The highest BCUT2D eigenvalue weighted by atomic mass is 35.5. The quantitative estimate of drug-likeness (QED) is 0.301. The minimum Gasteiger partial charge on any atom is -0.357 e. The largest absolute Gasteiger partial charge is 0.357 e. The summed E-state index contributed by atoms with van der Waals surface area (Å²) in [4.78, 5) is 41.2. The molecule has 0 aliphatic carbocycles. The maximum absolute atomic E-state index is 13.2. The number of pyridine rings is 1. The normalized spacial score (nSPS) is 10.8. The van der Waals surface area contributed by atoms with Crippen molar-refractivity contribution in [1.29, 1.82) is 0 Å². The zero-order chi connectivity index (χ0) is 22.5. The average molecular weight is 470 g/mol. The molecule has 1 aromatic carbocycles. The fourth-order valence-corrected chi connectivity index (χ4v) is 3.41. The van der Waals surface area contributed by atoms with E-state index in [1.165, 1.54) is 4.57 Å². The van der Waals surface area contributed by atoms with Crippen molar-refractivity contribution in [1.82, 2.24) is 29.8 Å². The summed E-state index contributed by atoms with van der Waals surface area (Å²) in [5.74, 6) is 0.316. The number of nitrogens with one attached hydrogen (secondary N) is 2. The zero-order valence-electron chi connectivity index (χ0n) is 16.6. The predicted molar refractivity (Wildman–Crippen MR) is 123 cm³/mol. The van der Waals surface area contributed by atoms with E-state index in [0.717, 1.165) is 5.56 Å². The van der Waals surface area contributed by atoms with Crippen molar-refractivity contribution >= 4 is 46.7 Å². The second-order valence-electron chi connectivity index (χ2n) is 6.74. The predicted octanol–water partition coefficient (Wildman–Crippen LogP) is 2.91. The average Bonchev–Trinajstić information content (AvgIpc) is 2.81. The molecule has 0 unspecified atom stereocenters. The molecule has 9 nitrogen and oxygen atoms in total. The molecule has 4 rings (SSSR count). The highest BCUT2D eigenvalue weighted by molar-refractivity contribution is 6.42. The number of benzene rings is 1. The number of anilines is 1. The summed E-state index contributed by atoms with van der Waals surface area (Å²) in [6.07, 6.45) is 5.31. The van der Waals surface area contributed by atoms with Crippen molar-refractivity contribution in [3.8, 4) is 11.3 Å². The number of carbonyl (C=O) groups is 1. The van der Waals surface area contributed by atoms with Crippen LogP contribution in [0.2, 0.25) is 10.0 Å². The molecular formula is C21H17Cl2N7O2. The first-order chi connectivity index (χ1) is 15.6. The lowest BCUT2D eigenvalue weighted by atomic mass is 10.2. The number of carbonyl (C=O) groups excluding carboxylic acids is 1. The first-order valence-corrected chi connectivity index (χ1v) is 10.3. The number of aromatic nitrogens is 5. The van der Waals surface area contributed by atoms with Crippen LogP contribution in [0.1, 0.15) is 5.56 Å². The Morgan fingerprint density at radius 3 is 2.72 bits per heavy atom. The van der Waals surface area contributed by atoms with Gasteiger partial charge in [0.2, 0.25) is 12.4 Å². The van der Waals surface area contributed by atoms with Gasteiger partial charge in [0.1, 0.15) is 11.2 Å². The second-order valence-corrected chi connectivity index (χ2v) is 7.55. The van der Waals surface area contributed by atoms with E-state index >= 15 is 0 Å². The molecule has 0 aliphatic rings. The summed E-state index contributed by atoms with van der Waals surface area (Å²) in [6, 6.07) is 8.78. The Labute approximate surface area is 192 Å². The van der Waals surface area contributed by atoms with E-state index < -0.39 is 0 Å². The van der Waals surface area contributed by atoms with Gasteiger partial charge in [-0.25, -0.2) is 9.97 Å². The topological polar surface area (TPSA) is 115 Å². The number of fused-ring (bicyclic) bond motifs is 1. The fourth-order valence-electron chi connectivity index (χ4n) is 3.09. The van der Waals surface area contributed by atoms with Gasteiger partial charge in [-0.05, 0) is 29.8 Å². The van der Waals surface area contributed by atoms with Gasteiger partial charge in [0, 0.05) is 37.6 Å². The first-order valence-electron chi connectivity index (χ1n) is 9.59. The molecule has 0 atom stereocenters. The maximum atomic E-state index is 13.2.